The Bertz CT molecular complexity index is 1080. The minimum Gasteiger partial charge on any atom is -0.497 e. The van der Waals surface area contributed by atoms with Gasteiger partial charge in [-0.1, -0.05) is 19.1 Å². The number of benzene rings is 2. The second-order valence-corrected chi connectivity index (χ2v) is 9.09. The first-order valence-corrected chi connectivity index (χ1v) is 11.8. The van der Waals surface area contributed by atoms with Crippen LogP contribution in [-0.2, 0) is 13.2 Å². The fraction of sp³-hybridized carbons (Fsp3) is 0.385. The first-order chi connectivity index (χ1) is 15.3. The van der Waals surface area contributed by atoms with Crippen LogP contribution in [0.25, 0.3) is 0 Å². The van der Waals surface area contributed by atoms with Crippen molar-refractivity contribution in [1.29, 1.82) is 0 Å². The van der Waals surface area contributed by atoms with Gasteiger partial charge in [-0.25, -0.2) is 4.98 Å². The van der Waals surface area contributed by atoms with Crippen LogP contribution in [0.5, 0.6) is 11.5 Å². The molecule has 0 saturated heterocycles. The van der Waals surface area contributed by atoms with Gasteiger partial charge in [-0.3, -0.25) is 4.79 Å². The molecule has 0 spiro atoms. The number of amides is 1. The summed E-state index contributed by atoms with van der Waals surface area (Å²) in [5.74, 6) is 1.55. The van der Waals surface area contributed by atoms with E-state index < -0.39 is 0 Å². The number of aromatic nitrogens is 1. The van der Waals surface area contributed by atoms with Crippen LogP contribution in [0.4, 0.5) is 0 Å². The number of nitrogens with zero attached hydrogens (tertiary/aromatic N) is 2. The van der Waals surface area contributed by atoms with Crippen LogP contribution in [0.15, 0.2) is 41.8 Å². The number of methoxy groups -OCH3 is 1. The van der Waals surface area contributed by atoms with Crippen molar-refractivity contribution < 1.29 is 14.3 Å². The topological polar surface area (TPSA) is 51.7 Å². The number of thiazole rings is 1. The Morgan fingerprint density at radius 1 is 1.19 bits per heavy atom. The third-order valence-corrected chi connectivity index (χ3v) is 6.62. The van der Waals surface area contributed by atoms with Crippen molar-refractivity contribution in [1.82, 2.24) is 9.88 Å². The number of carbonyl (C=O) groups excluding carboxylic acids is 1. The highest BCUT2D eigenvalue weighted by atomic mass is 32.1. The van der Waals surface area contributed by atoms with Gasteiger partial charge in [0, 0.05) is 17.0 Å². The molecule has 0 bridgehead atoms. The van der Waals surface area contributed by atoms with Crippen LogP contribution in [0, 0.1) is 20.8 Å². The van der Waals surface area contributed by atoms with Crippen LogP contribution in [0.1, 0.15) is 58.0 Å². The van der Waals surface area contributed by atoms with E-state index in [1.807, 2.05) is 28.5 Å². The van der Waals surface area contributed by atoms with Crippen LogP contribution >= 0.6 is 11.3 Å². The van der Waals surface area contributed by atoms with Gasteiger partial charge in [0.05, 0.1) is 19.3 Å². The summed E-state index contributed by atoms with van der Waals surface area (Å²) in [6.45, 7) is 11.3. The SMILES string of the molecule is CC[C@H](C)N(Cc1csc(COc2cc(C)cc(C)c2C)n1)C(=O)c1cccc(OC)c1. The minimum absolute atomic E-state index is 0.0186. The molecule has 1 aromatic heterocycles. The molecule has 3 aromatic rings. The molecule has 0 radical (unpaired) electrons. The Kier molecular flexibility index (Phi) is 7.91. The van der Waals surface area contributed by atoms with Crippen LogP contribution in [0.2, 0.25) is 0 Å². The second kappa shape index (κ2) is 10.6. The lowest BCUT2D eigenvalue weighted by Crippen LogP contribution is -2.37. The van der Waals surface area contributed by atoms with Crippen molar-refractivity contribution in [3.63, 3.8) is 0 Å². The maximum Gasteiger partial charge on any atom is 0.254 e. The van der Waals surface area contributed by atoms with Crippen molar-refractivity contribution in [2.75, 3.05) is 7.11 Å². The van der Waals surface area contributed by atoms with Gasteiger partial charge in [-0.15, -0.1) is 11.3 Å². The van der Waals surface area contributed by atoms with E-state index in [0.717, 1.165) is 28.4 Å². The molecule has 2 aromatic carbocycles. The highest BCUT2D eigenvalue weighted by molar-refractivity contribution is 7.09. The summed E-state index contributed by atoms with van der Waals surface area (Å²) in [6, 6.07) is 11.6. The van der Waals surface area contributed by atoms with Crippen molar-refractivity contribution in [3.05, 3.63) is 74.7 Å². The molecule has 0 saturated carbocycles. The third kappa shape index (κ3) is 5.68. The zero-order chi connectivity index (χ0) is 23.3. The van der Waals surface area contributed by atoms with E-state index in [1.54, 1.807) is 24.5 Å². The van der Waals surface area contributed by atoms with Crippen molar-refractivity contribution in [2.45, 2.75) is 60.2 Å². The van der Waals surface area contributed by atoms with E-state index in [1.165, 1.54) is 11.1 Å². The predicted molar refractivity (Wildman–Crippen MR) is 130 cm³/mol. The lowest BCUT2D eigenvalue weighted by atomic mass is 10.1. The normalized spacial score (nSPS) is 11.8. The zero-order valence-corrected chi connectivity index (χ0v) is 20.6. The first-order valence-electron chi connectivity index (χ1n) is 10.9. The largest absolute Gasteiger partial charge is 0.497 e. The van der Waals surface area contributed by atoms with E-state index in [9.17, 15) is 4.79 Å². The van der Waals surface area contributed by atoms with Crippen LogP contribution in [-0.4, -0.2) is 28.9 Å². The van der Waals surface area contributed by atoms with Gasteiger partial charge in [0.2, 0.25) is 0 Å². The Morgan fingerprint density at radius 2 is 1.97 bits per heavy atom. The van der Waals surface area contributed by atoms with Gasteiger partial charge in [-0.2, -0.15) is 0 Å². The molecule has 6 heteroatoms. The Balaban J connectivity index is 1.72. The average molecular weight is 453 g/mol. The second-order valence-electron chi connectivity index (χ2n) is 8.15. The van der Waals surface area contributed by atoms with E-state index in [0.29, 0.717) is 24.5 Å². The Labute approximate surface area is 195 Å². The molecule has 5 nitrogen and oxygen atoms in total. The molecule has 0 unspecified atom stereocenters. The third-order valence-electron chi connectivity index (χ3n) is 5.75. The lowest BCUT2D eigenvalue weighted by molar-refractivity contribution is 0.0668. The van der Waals surface area contributed by atoms with Crippen molar-refractivity contribution in [2.24, 2.45) is 0 Å². The summed E-state index contributed by atoms with van der Waals surface area (Å²) < 4.78 is 11.4. The average Bonchev–Trinajstić information content (AvgIpc) is 3.25. The summed E-state index contributed by atoms with van der Waals surface area (Å²) in [7, 11) is 1.61. The fourth-order valence-electron chi connectivity index (χ4n) is 3.52. The summed E-state index contributed by atoms with van der Waals surface area (Å²) >= 11 is 1.56. The van der Waals surface area contributed by atoms with Crippen LogP contribution < -0.4 is 9.47 Å². The molecule has 32 heavy (non-hydrogen) atoms. The Morgan fingerprint density at radius 3 is 2.69 bits per heavy atom. The molecule has 3 rings (SSSR count). The number of carbonyl (C=O) groups is 1. The number of hydrogen-bond acceptors (Lipinski definition) is 5. The monoisotopic (exact) mass is 452 g/mol. The molecule has 0 fully saturated rings. The van der Waals surface area contributed by atoms with Crippen molar-refractivity contribution >= 4 is 17.2 Å². The molecular weight excluding hydrogens is 420 g/mol. The molecular formula is C26H32N2O3S. The first kappa shape index (κ1) is 23.8. The number of ether oxygens (including phenoxy) is 2. The lowest BCUT2D eigenvalue weighted by Gasteiger charge is -2.28. The van der Waals surface area contributed by atoms with Gasteiger partial charge in [-0.05, 0) is 75.1 Å². The summed E-state index contributed by atoms with van der Waals surface area (Å²) in [5.41, 5.74) is 5.05. The highest BCUT2D eigenvalue weighted by Crippen LogP contribution is 2.25. The maximum absolute atomic E-state index is 13.3. The standard InChI is InChI=1S/C26H32N2O3S/c1-7-19(4)28(26(29)21-9-8-10-23(13-21)30-6)14-22-16-32-25(27-22)15-31-24-12-17(2)11-18(3)20(24)5/h8-13,16,19H,7,14-15H2,1-6H3/t19-/m0/s1. The molecule has 1 heterocycles. The highest BCUT2D eigenvalue weighted by Gasteiger charge is 2.22. The van der Waals surface area contributed by atoms with Crippen molar-refractivity contribution in [3.8, 4) is 11.5 Å². The van der Waals surface area contributed by atoms with Gasteiger partial charge >= 0.3 is 0 Å². The van der Waals surface area contributed by atoms with Gasteiger partial charge in [0.1, 0.15) is 23.1 Å². The molecule has 0 aliphatic rings. The molecule has 170 valence electrons. The number of rotatable bonds is 9. The zero-order valence-electron chi connectivity index (χ0n) is 19.8. The molecule has 0 aliphatic carbocycles. The predicted octanol–water partition coefficient (Wildman–Crippen LogP) is 6.10. The quantitative estimate of drug-likeness (QED) is 0.394. The summed E-state index contributed by atoms with van der Waals surface area (Å²) in [5, 5.41) is 2.91. The van der Waals surface area contributed by atoms with Crippen LogP contribution in [0.3, 0.4) is 0 Å². The molecule has 1 atom stereocenters. The molecule has 1 amide bonds. The van der Waals surface area contributed by atoms with Gasteiger partial charge < -0.3 is 14.4 Å². The summed E-state index contributed by atoms with van der Waals surface area (Å²) in [6.07, 6.45) is 0.863. The maximum atomic E-state index is 13.3. The van der Waals surface area contributed by atoms with E-state index in [2.05, 4.69) is 46.8 Å². The molecule has 0 N–H and O–H groups in total. The van der Waals surface area contributed by atoms with Gasteiger partial charge in [0.25, 0.3) is 5.91 Å². The number of hydrogen-bond donors (Lipinski definition) is 0. The smallest absolute Gasteiger partial charge is 0.254 e. The Hall–Kier alpha value is -2.86. The van der Waals surface area contributed by atoms with E-state index >= 15 is 0 Å². The van der Waals surface area contributed by atoms with Gasteiger partial charge in [0.15, 0.2) is 0 Å². The minimum atomic E-state index is -0.0186. The van der Waals surface area contributed by atoms with E-state index in [-0.39, 0.29) is 11.9 Å². The number of aryl methyl sites for hydroxylation is 2. The molecule has 0 aliphatic heterocycles. The van der Waals surface area contributed by atoms with E-state index in [4.69, 9.17) is 14.5 Å². The summed E-state index contributed by atoms with van der Waals surface area (Å²) in [4.78, 5) is 19.9. The fourth-order valence-corrected chi connectivity index (χ4v) is 4.22.